The molecule has 0 saturated heterocycles. The van der Waals surface area contributed by atoms with Crippen LogP contribution in [0.3, 0.4) is 0 Å². The molecule has 2 N–H and O–H groups in total. The summed E-state index contributed by atoms with van der Waals surface area (Å²) in [6.07, 6.45) is 3.23. The maximum Gasteiger partial charge on any atom is 0.241 e. The largest absolute Gasteiger partial charge is 0.370 e. The van der Waals surface area contributed by atoms with Crippen LogP contribution in [-0.4, -0.2) is 27.0 Å². The first kappa shape index (κ1) is 16.7. The average Bonchev–Trinajstić information content (AvgIpc) is 2.54. The third-order valence-corrected chi connectivity index (χ3v) is 4.83. The maximum atomic E-state index is 11.6. The van der Waals surface area contributed by atoms with E-state index in [0.717, 1.165) is 24.4 Å². The first-order valence-corrected chi connectivity index (χ1v) is 8.75. The number of nitrogens with one attached hydrogen (secondary N) is 2. The van der Waals surface area contributed by atoms with Crippen LogP contribution in [0.1, 0.15) is 12.0 Å². The van der Waals surface area contributed by atoms with Crippen LogP contribution >= 0.6 is 11.6 Å². The van der Waals surface area contributed by atoms with Gasteiger partial charge in [-0.25, -0.2) is 18.1 Å². The van der Waals surface area contributed by atoms with Crippen molar-refractivity contribution in [1.82, 2.24) is 9.71 Å². The molecule has 0 aliphatic rings. The lowest BCUT2D eigenvalue weighted by Crippen LogP contribution is -2.18. The summed E-state index contributed by atoms with van der Waals surface area (Å²) in [6.45, 7) is 0.758. The molecule has 0 fully saturated rings. The van der Waals surface area contributed by atoms with Crippen LogP contribution in [0.4, 0.5) is 5.82 Å². The van der Waals surface area contributed by atoms with Gasteiger partial charge >= 0.3 is 0 Å². The molecule has 118 valence electrons. The summed E-state index contributed by atoms with van der Waals surface area (Å²) in [5.41, 5.74) is 1.23. The fourth-order valence-corrected chi connectivity index (χ4v) is 2.72. The summed E-state index contributed by atoms with van der Waals surface area (Å²) in [5, 5.41) is 3.91. The SMILES string of the molecule is CNS(=O)(=O)c1ccc(NCCCc2ccc(Cl)cc2)nc1. The number of pyridine rings is 1. The van der Waals surface area contributed by atoms with Gasteiger partial charge in [0.15, 0.2) is 0 Å². The van der Waals surface area contributed by atoms with Gasteiger partial charge in [-0.05, 0) is 49.7 Å². The molecule has 7 heteroatoms. The van der Waals surface area contributed by atoms with E-state index in [1.165, 1.54) is 24.9 Å². The van der Waals surface area contributed by atoms with E-state index in [0.29, 0.717) is 5.82 Å². The summed E-state index contributed by atoms with van der Waals surface area (Å²) in [4.78, 5) is 4.26. The van der Waals surface area contributed by atoms with Crippen LogP contribution in [0.25, 0.3) is 0 Å². The molecule has 2 rings (SSSR count). The molecule has 0 bridgehead atoms. The second kappa shape index (κ2) is 7.58. The normalized spacial score (nSPS) is 11.4. The van der Waals surface area contributed by atoms with Gasteiger partial charge in [-0.15, -0.1) is 0 Å². The Morgan fingerprint density at radius 1 is 1.14 bits per heavy atom. The summed E-state index contributed by atoms with van der Waals surface area (Å²) in [6, 6.07) is 11.0. The number of benzene rings is 1. The highest BCUT2D eigenvalue weighted by Crippen LogP contribution is 2.12. The molecule has 1 aromatic heterocycles. The number of aromatic nitrogens is 1. The second-order valence-corrected chi connectivity index (χ2v) is 7.07. The molecule has 0 unspecified atom stereocenters. The van der Waals surface area contributed by atoms with Crippen molar-refractivity contribution in [1.29, 1.82) is 0 Å². The number of aryl methyl sites for hydroxylation is 1. The van der Waals surface area contributed by atoms with Crippen molar-refractivity contribution < 1.29 is 8.42 Å². The first-order valence-electron chi connectivity index (χ1n) is 6.89. The number of halogens is 1. The Balaban J connectivity index is 1.81. The van der Waals surface area contributed by atoms with Gasteiger partial charge in [0, 0.05) is 17.8 Å². The number of hydrogen-bond acceptors (Lipinski definition) is 4. The summed E-state index contributed by atoms with van der Waals surface area (Å²) in [7, 11) is -2.06. The minimum Gasteiger partial charge on any atom is -0.370 e. The van der Waals surface area contributed by atoms with E-state index in [2.05, 4.69) is 15.0 Å². The third kappa shape index (κ3) is 4.69. The summed E-state index contributed by atoms with van der Waals surface area (Å²) < 4.78 is 25.4. The van der Waals surface area contributed by atoms with E-state index in [9.17, 15) is 8.42 Å². The van der Waals surface area contributed by atoms with Crippen molar-refractivity contribution in [2.45, 2.75) is 17.7 Å². The number of nitrogens with zero attached hydrogens (tertiary/aromatic N) is 1. The Labute approximate surface area is 135 Å². The van der Waals surface area contributed by atoms with E-state index in [4.69, 9.17) is 11.6 Å². The van der Waals surface area contributed by atoms with Gasteiger partial charge in [0.05, 0.1) is 0 Å². The van der Waals surface area contributed by atoms with Crippen LogP contribution in [0.2, 0.25) is 5.02 Å². The quantitative estimate of drug-likeness (QED) is 0.761. The Hall–Kier alpha value is -1.63. The van der Waals surface area contributed by atoms with E-state index in [1.54, 1.807) is 6.07 Å². The fraction of sp³-hybridized carbons (Fsp3) is 0.267. The van der Waals surface area contributed by atoms with Gasteiger partial charge in [0.2, 0.25) is 10.0 Å². The van der Waals surface area contributed by atoms with Crippen molar-refractivity contribution in [3.8, 4) is 0 Å². The molecule has 2 aromatic rings. The Morgan fingerprint density at radius 3 is 2.45 bits per heavy atom. The predicted molar refractivity (Wildman–Crippen MR) is 88.7 cm³/mol. The molecular weight excluding hydrogens is 322 g/mol. The summed E-state index contributed by atoms with van der Waals surface area (Å²) >= 11 is 5.84. The molecule has 5 nitrogen and oxygen atoms in total. The number of rotatable bonds is 7. The lowest BCUT2D eigenvalue weighted by molar-refractivity contribution is 0.588. The van der Waals surface area contributed by atoms with Gasteiger partial charge in [-0.3, -0.25) is 0 Å². The van der Waals surface area contributed by atoms with Crippen LogP contribution in [0.5, 0.6) is 0 Å². The maximum absolute atomic E-state index is 11.6. The highest BCUT2D eigenvalue weighted by atomic mass is 35.5. The van der Waals surface area contributed by atoms with E-state index < -0.39 is 10.0 Å². The van der Waals surface area contributed by atoms with Crippen LogP contribution in [0.15, 0.2) is 47.5 Å². The van der Waals surface area contributed by atoms with Crippen molar-refractivity contribution in [3.05, 3.63) is 53.2 Å². The molecule has 0 saturated carbocycles. The van der Waals surface area contributed by atoms with Crippen molar-refractivity contribution in [2.75, 3.05) is 18.9 Å². The standard InChI is InChI=1S/C15H18ClN3O2S/c1-17-22(20,21)14-8-9-15(19-11-14)18-10-2-3-12-4-6-13(16)7-5-12/h4-9,11,17H,2-3,10H2,1H3,(H,18,19). The lowest BCUT2D eigenvalue weighted by atomic mass is 10.1. The highest BCUT2D eigenvalue weighted by Gasteiger charge is 2.10. The molecule has 0 amide bonds. The smallest absolute Gasteiger partial charge is 0.241 e. The zero-order chi connectivity index (χ0) is 16.0. The van der Waals surface area contributed by atoms with Gasteiger partial charge in [0.1, 0.15) is 10.7 Å². The predicted octanol–water partition coefficient (Wildman–Crippen LogP) is 2.69. The van der Waals surface area contributed by atoms with Crippen molar-refractivity contribution in [2.24, 2.45) is 0 Å². The Kier molecular flexibility index (Phi) is 5.76. The van der Waals surface area contributed by atoms with E-state index in [1.807, 2.05) is 24.3 Å². The van der Waals surface area contributed by atoms with Gasteiger partial charge in [0.25, 0.3) is 0 Å². The van der Waals surface area contributed by atoms with Gasteiger partial charge < -0.3 is 5.32 Å². The van der Waals surface area contributed by atoms with Crippen molar-refractivity contribution >= 4 is 27.4 Å². The monoisotopic (exact) mass is 339 g/mol. The molecule has 0 radical (unpaired) electrons. The topological polar surface area (TPSA) is 71.1 Å². The summed E-state index contributed by atoms with van der Waals surface area (Å²) in [5.74, 6) is 0.658. The number of sulfonamides is 1. The number of hydrogen-bond donors (Lipinski definition) is 2. The molecule has 0 aliphatic heterocycles. The second-order valence-electron chi connectivity index (χ2n) is 4.74. The molecule has 0 aliphatic carbocycles. The molecule has 22 heavy (non-hydrogen) atoms. The zero-order valence-electron chi connectivity index (χ0n) is 12.2. The fourth-order valence-electron chi connectivity index (χ4n) is 1.92. The average molecular weight is 340 g/mol. The van der Waals surface area contributed by atoms with Crippen LogP contribution < -0.4 is 10.0 Å². The van der Waals surface area contributed by atoms with Gasteiger partial charge in [-0.2, -0.15) is 0 Å². The van der Waals surface area contributed by atoms with Crippen LogP contribution in [-0.2, 0) is 16.4 Å². The van der Waals surface area contributed by atoms with E-state index >= 15 is 0 Å². The third-order valence-electron chi connectivity index (χ3n) is 3.18. The highest BCUT2D eigenvalue weighted by molar-refractivity contribution is 7.89. The molecule has 0 spiro atoms. The van der Waals surface area contributed by atoms with E-state index in [-0.39, 0.29) is 4.90 Å². The lowest BCUT2D eigenvalue weighted by Gasteiger charge is -2.07. The Morgan fingerprint density at radius 2 is 1.86 bits per heavy atom. The zero-order valence-corrected chi connectivity index (χ0v) is 13.8. The van der Waals surface area contributed by atoms with Crippen molar-refractivity contribution in [3.63, 3.8) is 0 Å². The Bertz CT molecular complexity index is 701. The first-order chi connectivity index (χ1) is 10.5. The van der Waals surface area contributed by atoms with Crippen LogP contribution in [0, 0.1) is 0 Å². The van der Waals surface area contributed by atoms with Gasteiger partial charge in [-0.1, -0.05) is 23.7 Å². The molecule has 0 atom stereocenters. The molecule has 1 heterocycles. The molecular formula is C15H18ClN3O2S. The molecule has 1 aromatic carbocycles. The number of anilines is 1. The minimum absolute atomic E-state index is 0.154. The minimum atomic E-state index is -3.43.